The highest BCUT2D eigenvalue weighted by Gasteiger charge is 2.05. The van der Waals surface area contributed by atoms with Crippen molar-refractivity contribution in [3.05, 3.63) is 59.0 Å². The maximum Gasteiger partial charge on any atom is 0.251 e. The molecule has 0 unspecified atom stereocenters. The van der Waals surface area contributed by atoms with Gasteiger partial charge in [-0.15, -0.1) is 0 Å². The number of amides is 1. The molecule has 2 rings (SSSR count). The van der Waals surface area contributed by atoms with E-state index in [1.54, 1.807) is 0 Å². The second-order valence-corrected chi connectivity index (χ2v) is 4.06. The number of nitrogens with one attached hydrogen (secondary N) is 1. The SMILES string of the molecule is Cc1ccc(C(=O)NCc2ccc(C)o2)cc1. The van der Waals surface area contributed by atoms with Crippen LogP contribution in [0.4, 0.5) is 0 Å². The fraction of sp³-hybridized carbons (Fsp3) is 0.214. The molecule has 2 aromatic rings. The lowest BCUT2D eigenvalue weighted by atomic mass is 10.1. The van der Waals surface area contributed by atoms with Crippen LogP contribution in [0.5, 0.6) is 0 Å². The second-order valence-electron chi connectivity index (χ2n) is 4.06. The first-order chi connectivity index (χ1) is 8.15. The van der Waals surface area contributed by atoms with Gasteiger partial charge in [-0.1, -0.05) is 17.7 Å². The molecule has 0 saturated heterocycles. The minimum Gasteiger partial charge on any atom is -0.465 e. The zero-order valence-electron chi connectivity index (χ0n) is 9.99. The van der Waals surface area contributed by atoms with Gasteiger partial charge in [-0.3, -0.25) is 4.79 Å². The van der Waals surface area contributed by atoms with Gasteiger partial charge in [0.05, 0.1) is 6.54 Å². The van der Waals surface area contributed by atoms with Gasteiger partial charge in [0.25, 0.3) is 5.91 Å². The summed E-state index contributed by atoms with van der Waals surface area (Å²) in [4.78, 5) is 11.8. The molecule has 0 aliphatic heterocycles. The van der Waals surface area contributed by atoms with E-state index in [1.807, 2.05) is 50.2 Å². The second kappa shape index (κ2) is 4.87. The molecular formula is C14H15NO2. The van der Waals surface area contributed by atoms with Gasteiger partial charge in [-0.2, -0.15) is 0 Å². The molecule has 1 heterocycles. The van der Waals surface area contributed by atoms with Crippen molar-refractivity contribution in [3.8, 4) is 0 Å². The lowest BCUT2D eigenvalue weighted by Gasteiger charge is -2.03. The largest absolute Gasteiger partial charge is 0.465 e. The Kier molecular flexibility index (Phi) is 3.28. The number of hydrogen-bond donors (Lipinski definition) is 1. The number of carbonyl (C=O) groups excluding carboxylic acids is 1. The van der Waals surface area contributed by atoms with Crippen LogP contribution >= 0.6 is 0 Å². The number of carbonyl (C=O) groups is 1. The van der Waals surface area contributed by atoms with E-state index in [0.29, 0.717) is 12.1 Å². The molecule has 1 aromatic carbocycles. The van der Waals surface area contributed by atoms with Crippen molar-refractivity contribution in [3.63, 3.8) is 0 Å². The molecule has 17 heavy (non-hydrogen) atoms. The third-order valence-corrected chi connectivity index (χ3v) is 2.53. The van der Waals surface area contributed by atoms with Crippen LogP contribution in [0.15, 0.2) is 40.8 Å². The van der Waals surface area contributed by atoms with Crippen LogP contribution < -0.4 is 5.32 Å². The zero-order chi connectivity index (χ0) is 12.3. The summed E-state index contributed by atoms with van der Waals surface area (Å²) in [5, 5.41) is 2.82. The average molecular weight is 229 g/mol. The Hall–Kier alpha value is -2.03. The van der Waals surface area contributed by atoms with E-state index in [4.69, 9.17) is 4.42 Å². The molecule has 0 radical (unpaired) electrons. The quantitative estimate of drug-likeness (QED) is 0.879. The Morgan fingerprint density at radius 1 is 1.12 bits per heavy atom. The molecule has 0 atom stereocenters. The standard InChI is InChI=1S/C14H15NO2/c1-10-3-6-12(7-4-10)14(16)15-9-13-8-5-11(2)17-13/h3-8H,9H2,1-2H3,(H,15,16). The topological polar surface area (TPSA) is 42.2 Å². The lowest BCUT2D eigenvalue weighted by Crippen LogP contribution is -2.22. The maximum atomic E-state index is 11.8. The summed E-state index contributed by atoms with van der Waals surface area (Å²) >= 11 is 0. The summed E-state index contributed by atoms with van der Waals surface area (Å²) in [5.41, 5.74) is 1.81. The van der Waals surface area contributed by atoms with Crippen LogP contribution in [0.3, 0.4) is 0 Å². The molecule has 1 aromatic heterocycles. The molecule has 0 aliphatic rings. The number of aryl methyl sites for hydroxylation is 2. The van der Waals surface area contributed by atoms with E-state index in [1.165, 1.54) is 0 Å². The monoisotopic (exact) mass is 229 g/mol. The third kappa shape index (κ3) is 2.97. The van der Waals surface area contributed by atoms with Gasteiger partial charge in [-0.25, -0.2) is 0 Å². The van der Waals surface area contributed by atoms with Crippen LogP contribution in [-0.2, 0) is 6.54 Å². The third-order valence-electron chi connectivity index (χ3n) is 2.53. The van der Waals surface area contributed by atoms with Gasteiger partial charge in [0, 0.05) is 5.56 Å². The summed E-state index contributed by atoms with van der Waals surface area (Å²) < 4.78 is 5.37. The van der Waals surface area contributed by atoms with Crippen molar-refractivity contribution in [1.29, 1.82) is 0 Å². The van der Waals surface area contributed by atoms with E-state index in [-0.39, 0.29) is 5.91 Å². The predicted octanol–water partition coefficient (Wildman–Crippen LogP) is 2.83. The van der Waals surface area contributed by atoms with E-state index < -0.39 is 0 Å². The number of hydrogen-bond acceptors (Lipinski definition) is 2. The summed E-state index contributed by atoms with van der Waals surface area (Å²) in [6.07, 6.45) is 0. The Labute approximate surface area is 100 Å². The van der Waals surface area contributed by atoms with Crippen molar-refractivity contribution >= 4 is 5.91 Å². The van der Waals surface area contributed by atoms with Gasteiger partial charge >= 0.3 is 0 Å². The predicted molar refractivity (Wildman–Crippen MR) is 65.8 cm³/mol. The smallest absolute Gasteiger partial charge is 0.251 e. The highest BCUT2D eigenvalue weighted by molar-refractivity contribution is 5.94. The molecule has 0 spiro atoms. The first-order valence-electron chi connectivity index (χ1n) is 5.55. The molecule has 88 valence electrons. The average Bonchev–Trinajstić information content (AvgIpc) is 2.73. The molecule has 0 aliphatic carbocycles. The highest BCUT2D eigenvalue weighted by Crippen LogP contribution is 2.07. The van der Waals surface area contributed by atoms with Crippen LogP contribution in [-0.4, -0.2) is 5.91 Å². The summed E-state index contributed by atoms with van der Waals surface area (Å²) in [6.45, 7) is 4.29. The van der Waals surface area contributed by atoms with Crippen LogP contribution in [0.2, 0.25) is 0 Å². The van der Waals surface area contributed by atoms with Crippen molar-refractivity contribution in [2.45, 2.75) is 20.4 Å². The maximum absolute atomic E-state index is 11.8. The normalized spacial score (nSPS) is 10.2. The van der Waals surface area contributed by atoms with Crippen LogP contribution in [0, 0.1) is 13.8 Å². The Morgan fingerprint density at radius 2 is 1.82 bits per heavy atom. The highest BCUT2D eigenvalue weighted by atomic mass is 16.3. The van der Waals surface area contributed by atoms with Crippen molar-refractivity contribution in [2.75, 3.05) is 0 Å². The first kappa shape index (κ1) is 11.5. The Bertz CT molecular complexity index is 511. The van der Waals surface area contributed by atoms with Crippen molar-refractivity contribution < 1.29 is 9.21 Å². The van der Waals surface area contributed by atoms with Gasteiger partial charge < -0.3 is 9.73 Å². The molecular weight excluding hydrogens is 214 g/mol. The minimum absolute atomic E-state index is 0.0842. The first-order valence-corrected chi connectivity index (χ1v) is 5.55. The molecule has 0 fully saturated rings. The van der Waals surface area contributed by atoms with E-state index in [9.17, 15) is 4.79 Å². The molecule has 3 heteroatoms. The molecule has 3 nitrogen and oxygen atoms in total. The van der Waals surface area contributed by atoms with Crippen LogP contribution in [0.25, 0.3) is 0 Å². The number of furan rings is 1. The zero-order valence-corrected chi connectivity index (χ0v) is 9.99. The fourth-order valence-electron chi connectivity index (χ4n) is 1.55. The number of benzene rings is 1. The van der Waals surface area contributed by atoms with Gasteiger partial charge in [-0.05, 0) is 38.1 Å². The van der Waals surface area contributed by atoms with Gasteiger partial charge in [0.15, 0.2) is 0 Å². The minimum atomic E-state index is -0.0842. The Balaban J connectivity index is 1.95. The van der Waals surface area contributed by atoms with Crippen molar-refractivity contribution in [1.82, 2.24) is 5.32 Å². The molecule has 1 N–H and O–H groups in total. The fourth-order valence-corrected chi connectivity index (χ4v) is 1.55. The van der Waals surface area contributed by atoms with Gasteiger partial charge in [0.2, 0.25) is 0 Å². The summed E-state index contributed by atoms with van der Waals surface area (Å²) in [5.74, 6) is 1.53. The molecule has 0 saturated carbocycles. The van der Waals surface area contributed by atoms with E-state index in [0.717, 1.165) is 17.1 Å². The molecule has 0 bridgehead atoms. The van der Waals surface area contributed by atoms with E-state index in [2.05, 4.69) is 5.32 Å². The summed E-state index contributed by atoms with van der Waals surface area (Å²) in [7, 11) is 0. The van der Waals surface area contributed by atoms with Crippen molar-refractivity contribution in [2.24, 2.45) is 0 Å². The Morgan fingerprint density at radius 3 is 2.41 bits per heavy atom. The van der Waals surface area contributed by atoms with Gasteiger partial charge in [0.1, 0.15) is 11.5 Å². The number of rotatable bonds is 3. The van der Waals surface area contributed by atoms with E-state index >= 15 is 0 Å². The van der Waals surface area contributed by atoms with Crippen LogP contribution in [0.1, 0.15) is 27.4 Å². The summed E-state index contributed by atoms with van der Waals surface area (Å²) in [6, 6.07) is 11.2. The molecule has 1 amide bonds. The lowest BCUT2D eigenvalue weighted by molar-refractivity contribution is 0.0948.